The van der Waals surface area contributed by atoms with Crippen LogP contribution >= 0.6 is 0 Å². The Labute approximate surface area is 146 Å². The molecule has 0 spiro atoms. The van der Waals surface area contributed by atoms with Gasteiger partial charge in [-0.05, 0) is 18.3 Å². The molecule has 0 aliphatic carbocycles. The van der Waals surface area contributed by atoms with E-state index in [9.17, 15) is 0 Å². The summed E-state index contributed by atoms with van der Waals surface area (Å²) in [4.78, 5) is 4.49. The van der Waals surface area contributed by atoms with Crippen molar-refractivity contribution in [1.82, 2.24) is 9.55 Å². The summed E-state index contributed by atoms with van der Waals surface area (Å²) < 4.78 is 2.36. The van der Waals surface area contributed by atoms with E-state index in [0.29, 0.717) is 5.92 Å². The van der Waals surface area contributed by atoms with Gasteiger partial charge in [0.1, 0.15) is 5.82 Å². The predicted octanol–water partition coefficient (Wildman–Crippen LogP) is 4.47. The number of nitriles is 3. The van der Waals surface area contributed by atoms with E-state index in [4.69, 9.17) is 15.8 Å². The average Bonchev–Trinajstić information content (AvgIpc) is 2.99. The fourth-order valence-electron chi connectivity index (χ4n) is 2.34. The number of aromatic nitrogens is 2. The molecule has 0 saturated carbocycles. The van der Waals surface area contributed by atoms with E-state index in [1.54, 1.807) is 0 Å². The van der Waals surface area contributed by atoms with Crippen LogP contribution in [0, 0.1) is 51.7 Å². The van der Waals surface area contributed by atoms with Crippen LogP contribution in [-0.4, -0.2) is 9.55 Å². The second-order valence-electron chi connectivity index (χ2n) is 6.33. The van der Waals surface area contributed by atoms with Crippen molar-refractivity contribution in [2.75, 3.05) is 0 Å². The highest BCUT2D eigenvalue weighted by atomic mass is 15.1. The van der Waals surface area contributed by atoms with Crippen molar-refractivity contribution < 1.29 is 0 Å². The molecule has 0 radical (unpaired) electrons. The third kappa shape index (κ3) is 8.96. The van der Waals surface area contributed by atoms with Gasteiger partial charge >= 0.3 is 0 Å². The second kappa shape index (κ2) is 13.1. The van der Waals surface area contributed by atoms with E-state index >= 15 is 0 Å². The zero-order chi connectivity index (χ0) is 18.4. The molecule has 0 aliphatic heterocycles. The third-order valence-electron chi connectivity index (χ3n) is 3.78. The molecule has 5 nitrogen and oxygen atoms in total. The Balaban J connectivity index is 0.000000640. The smallest absolute Gasteiger partial charge is 0.218 e. The van der Waals surface area contributed by atoms with Crippen molar-refractivity contribution in [2.24, 2.45) is 17.8 Å². The minimum Gasteiger partial charge on any atom is -0.335 e. The van der Waals surface area contributed by atoms with Crippen molar-refractivity contribution >= 4 is 0 Å². The van der Waals surface area contributed by atoms with E-state index in [0.717, 1.165) is 18.9 Å². The molecule has 130 valence electrons. The monoisotopic (exact) mass is 327 g/mol. The second-order valence-corrected chi connectivity index (χ2v) is 6.33. The maximum atomic E-state index is 7.83. The number of unbranched alkanes of at least 4 members (excludes halogenated alkanes) is 1. The number of rotatable bonds is 8. The molecule has 1 heterocycles. The summed E-state index contributed by atoms with van der Waals surface area (Å²) in [6.45, 7) is 10.2. The molecular weight excluding hydrogens is 298 g/mol. The van der Waals surface area contributed by atoms with Crippen molar-refractivity contribution in [3.8, 4) is 18.2 Å². The van der Waals surface area contributed by atoms with Gasteiger partial charge in [-0.15, -0.1) is 0 Å². The summed E-state index contributed by atoms with van der Waals surface area (Å²) in [6, 6.07) is 4.44. The molecule has 0 fully saturated rings. The Morgan fingerprint density at radius 3 is 2.17 bits per heavy atom. The zero-order valence-corrected chi connectivity index (χ0v) is 15.4. The first kappa shape index (κ1) is 21.7. The van der Waals surface area contributed by atoms with Gasteiger partial charge in [0.25, 0.3) is 0 Å². The summed E-state index contributed by atoms with van der Waals surface area (Å²) >= 11 is 0. The van der Waals surface area contributed by atoms with Crippen molar-refractivity contribution in [3.05, 3.63) is 18.2 Å². The third-order valence-corrected chi connectivity index (χ3v) is 3.78. The fraction of sp³-hybridized carbons (Fsp3) is 0.684. The fourth-order valence-corrected chi connectivity index (χ4v) is 2.34. The number of hydrogen-bond acceptors (Lipinski definition) is 4. The molecule has 5 heteroatoms. The zero-order valence-electron chi connectivity index (χ0n) is 15.4. The molecule has 24 heavy (non-hydrogen) atoms. The molecule has 1 aromatic heterocycles. The van der Waals surface area contributed by atoms with Crippen LogP contribution in [0.1, 0.15) is 59.2 Å². The molecule has 0 amide bonds. The van der Waals surface area contributed by atoms with Crippen LogP contribution in [0.15, 0.2) is 12.4 Å². The van der Waals surface area contributed by atoms with E-state index in [1.807, 2.05) is 6.20 Å². The SMILES string of the molecule is CCCCC(CC)Cn1ccnc1CC(C)C.N#CC(C#N)C#N. The highest BCUT2D eigenvalue weighted by Crippen LogP contribution is 2.17. The van der Waals surface area contributed by atoms with E-state index in [-0.39, 0.29) is 0 Å². The van der Waals surface area contributed by atoms with Crippen LogP contribution in [0.25, 0.3) is 0 Å². The van der Waals surface area contributed by atoms with Gasteiger partial charge in [0, 0.05) is 25.4 Å². The molecule has 0 aliphatic rings. The van der Waals surface area contributed by atoms with Crippen LogP contribution in [0.4, 0.5) is 0 Å². The molecule has 1 rings (SSSR count). The lowest BCUT2D eigenvalue weighted by Gasteiger charge is -2.17. The Hall–Kier alpha value is -2.32. The minimum atomic E-state index is -1.10. The number of imidazole rings is 1. The predicted molar refractivity (Wildman–Crippen MR) is 94.4 cm³/mol. The topological polar surface area (TPSA) is 89.2 Å². The van der Waals surface area contributed by atoms with Gasteiger partial charge in [-0.3, -0.25) is 0 Å². The Bertz CT molecular complexity index is 535. The summed E-state index contributed by atoms with van der Waals surface area (Å²) in [5.41, 5.74) is 0. The first-order valence-electron chi connectivity index (χ1n) is 8.71. The highest BCUT2D eigenvalue weighted by molar-refractivity contribution is 5.11. The van der Waals surface area contributed by atoms with Gasteiger partial charge < -0.3 is 4.57 Å². The van der Waals surface area contributed by atoms with E-state index in [2.05, 4.69) is 43.4 Å². The lowest BCUT2D eigenvalue weighted by Crippen LogP contribution is -2.13. The lowest BCUT2D eigenvalue weighted by molar-refractivity contribution is 0.381. The van der Waals surface area contributed by atoms with Gasteiger partial charge in [-0.2, -0.15) is 15.8 Å². The molecule has 0 bridgehead atoms. The average molecular weight is 327 g/mol. The van der Waals surface area contributed by atoms with Crippen LogP contribution in [-0.2, 0) is 13.0 Å². The normalized spacial score (nSPS) is 11.1. The minimum absolute atomic E-state index is 0.687. The van der Waals surface area contributed by atoms with Gasteiger partial charge in [0.2, 0.25) is 5.92 Å². The molecular formula is C19H29N5. The van der Waals surface area contributed by atoms with Crippen LogP contribution in [0.2, 0.25) is 0 Å². The largest absolute Gasteiger partial charge is 0.335 e. The highest BCUT2D eigenvalue weighted by Gasteiger charge is 2.10. The Kier molecular flexibility index (Phi) is 11.9. The summed E-state index contributed by atoms with van der Waals surface area (Å²) in [5, 5.41) is 23.5. The first-order chi connectivity index (χ1) is 11.5. The molecule has 1 unspecified atom stereocenters. The molecule has 0 aromatic carbocycles. The lowest BCUT2D eigenvalue weighted by atomic mass is 9.99. The van der Waals surface area contributed by atoms with Crippen molar-refractivity contribution in [1.29, 1.82) is 15.8 Å². The van der Waals surface area contributed by atoms with Crippen LogP contribution < -0.4 is 0 Å². The molecule has 0 saturated heterocycles. The Morgan fingerprint density at radius 1 is 1.12 bits per heavy atom. The van der Waals surface area contributed by atoms with Gasteiger partial charge in [0.15, 0.2) is 0 Å². The summed E-state index contributed by atoms with van der Waals surface area (Å²) in [5.74, 6) is 1.66. The maximum Gasteiger partial charge on any atom is 0.218 e. The first-order valence-corrected chi connectivity index (χ1v) is 8.71. The van der Waals surface area contributed by atoms with Crippen molar-refractivity contribution in [3.63, 3.8) is 0 Å². The number of hydrogen-bond donors (Lipinski definition) is 0. The standard InChI is InChI=1S/C15H28N2.C4HN3/c1-5-7-8-14(6-2)12-17-10-9-16-15(17)11-13(3)4;5-1-4(2-6)3-7/h9-10,13-14H,5-8,11-12H2,1-4H3;4H. The summed E-state index contributed by atoms with van der Waals surface area (Å²) in [6.07, 6.45) is 10.5. The van der Waals surface area contributed by atoms with Crippen LogP contribution in [0.3, 0.4) is 0 Å². The van der Waals surface area contributed by atoms with Gasteiger partial charge in [0.05, 0.1) is 18.2 Å². The maximum absolute atomic E-state index is 7.83. The van der Waals surface area contributed by atoms with E-state index < -0.39 is 5.92 Å². The molecule has 0 N–H and O–H groups in total. The molecule has 1 atom stereocenters. The number of nitrogens with zero attached hydrogens (tertiary/aromatic N) is 5. The Morgan fingerprint density at radius 2 is 1.75 bits per heavy atom. The van der Waals surface area contributed by atoms with Gasteiger partial charge in [-0.1, -0.05) is 47.0 Å². The van der Waals surface area contributed by atoms with Crippen LogP contribution in [0.5, 0.6) is 0 Å². The van der Waals surface area contributed by atoms with Crippen molar-refractivity contribution in [2.45, 2.75) is 66.3 Å². The van der Waals surface area contributed by atoms with E-state index in [1.165, 1.54) is 49.7 Å². The molecule has 1 aromatic rings. The quantitative estimate of drug-likeness (QED) is 0.704. The van der Waals surface area contributed by atoms with Gasteiger partial charge in [-0.25, -0.2) is 4.98 Å². The summed E-state index contributed by atoms with van der Waals surface area (Å²) in [7, 11) is 0.